The Kier molecular flexibility index (Phi) is 4.89. The van der Waals surface area contributed by atoms with E-state index in [-0.39, 0.29) is 23.7 Å². The Labute approximate surface area is 141 Å². The van der Waals surface area contributed by atoms with Crippen molar-refractivity contribution in [1.29, 1.82) is 0 Å². The number of nitrogens with zero attached hydrogens (tertiary/aromatic N) is 2. The molecule has 2 atom stereocenters. The molecule has 1 heterocycles. The number of pyridine rings is 1. The number of nitrogens with one attached hydrogen (secondary N) is 1. The molecule has 5 nitrogen and oxygen atoms in total. The van der Waals surface area contributed by atoms with Gasteiger partial charge in [0.05, 0.1) is 11.8 Å². The second-order valence-corrected chi connectivity index (χ2v) is 6.20. The first-order valence-electron chi connectivity index (χ1n) is 8.10. The van der Waals surface area contributed by atoms with Crippen LogP contribution in [0.5, 0.6) is 0 Å². The number of benzene rings is 1. The van der Waals surface area contributed by atoms with Crippen LogP contribution < -0.4 is 5.32 Å². The van der Waals surface area contributed by atoms with Gasteiger partial charge >= 0.3 is 0 Å². The molecule has 1 N–H and O–H groups in total. The Morgan fingerprint density at radius 1 is 1.08 bits per heavy atom. The summed E-state index contributed by atoms with van der Waals surface area (Å²) in [7, 11) is 1.79. The summed E-state index contributed by atoms with van der Waals surface area (Å²) in [5.41, 5.74) is 2.09. The third-order valence-corrected chi connectivity index (χ3v) is 4.30. The molecule has 1 aliphatic carbocycles. The van der Waals surface area contributed by atoms with Crippen LogP contribution in [0.15, 0.2) is 54.9 Å². The van der Waals surface area contributed by atoms with Gasteiger partial charge < -0.3 is 10.2 Å². The molecule has 0 aliphatic heterocycles. The number of amides is 2. The summed E-state index contributed by atoms with van der Waals surface area (Å²) in [6, 6.07) is 13.6. The molecule has 1 aromatic carbocycles. The second kappa shape index (κ2) is 7.25. The first-order chi connectivity index (χ1) is 11.6. The first kappa shape index (κ1) is 16.2. The second-order valence-electron chi connectivity index (χ2n) is 6.20. The Morgan fingerprint density at radius 2 is 1.79 bits per heavy atom. The van der Waals surface area contributed by atoms with Crippen LogP contribution in [0.2, 0.25) is 0 Å². The average Bonchev–Trinajstić information content (AvgIpc) is 3.41. The molecule has 0 spiro atoms. The van der Waals surface area contributed by atoms with E-state index < -0.39 is 0 Å². The highest BCUT2D eigenvalue weighted by Crippen LogP contribution is 2.40. The van der Waals surface area contributed by atoms with Gasteiger partial charge in [0.25, 0.3) is 0 Å². The van der Waals surface area contributed by atoms with Crippen LogP contribution in [0.4, 0.5) is 0 Å². The maximum absolute atomic E-state index is 12.4. The van der Waals surface area contributed by atoms with Gasteiger partial charge in [-0.25, -0.2) is 0 Å². The zero-order chi connectivity index (χ0) is 16.9. The van der Waals surface area contributed by atoms with Crippen LogP contribution in [0.3, 0.4) is 0 Å². The smallest absolute Gasteiger partial charge is 0.226 e. The minimum absolute atomic E-state index is 0.0433. The maximum atomic E-state index is 12.4. The zero-order valence-electron chi connectivity index (χ0n) is 13.7. The molecule has 2 amide bonds. The summed E-state index contributed by atoms with van der Waals surface area (Å²) in [5.74, 6) is -0.380. The van der Waals surface area contributed by atoms with Gasteiger partial charge in [0.2, 0.25) is 11.8 Å². The average molecular weight is 323 g/mol. The fraction of sp³-hybridized carbons (Fsp3) is 0.316. The van der Waals surface area contributed by atoms with Crippen LogP contribution in [0.25, 0.3) is 0 Å². The Morgan fingerprint density at radius 3 is 2.50 bits per heavy atom. The van der Waals surface area contributed by atoms with Crippen LogP contribution in [0.1, 0.15) is 17.5 Å². The lowest BCUT2D eigenvalue weighted by Gasteiger charge is -2.17. The number of hydrogen-bond donors (Lipinski definition) is 1. The van der Waals surface area contributed by atoms with E-state index in [0.29, 0.717) is 19.5 Å². The standard InChI is InChI=1S/C19H21N3O2/c1-22(13-15-5-3-2-4-6-15)19(24)17-11-16(17)18(23)21-12-14-7-9-20-10-8-14/h2-10,16-17H,11-13H2,1H3,(H,21,23). The summed E-state index contributed by atoms with van der Waals surface area (Å²) >= 11 is 0. The molecule has 2 aromatic rings. The predicted molar refractivity (Wildman–Crippen MR) is 90.6 cm³/mol. The molecule has 0 saturated heterocycles. The van der Waals surface area contributed by atoms with Gasteiger partial charge in [0, 0.05) is 32.5 Å². The molecule has 1 aromatic heterocycles. The Hall–Kier alpha value is -2.69. The number of carbonyl (C=O) groups is 2. The molecular formula is C19H21N3O2. The Bertz CT molecular complexity index is 703. The molecule has 1 aliphatic rings. The molecule has 3 rings (SSSR count). The van der Waals surface area contributed by atoms with E-state index in [1.54, 1.807) is 24.3 Å². The maximum Gasteiger partial charge on any atom is 0.226 e. The normalized spacial score (nSPS) is 18.7. The Balaban J connectivity index is 1.47. The summed E-state index contributed by atoms with van der Waals surface area (Å²) < 4.78 is 0. The summed E-state index contributed by atoms with van der Waals surface area (Å²) in [5, 5.41) is 2.90. The van der Waals surface area contributed by atoms with Crippen molar-refractivity contribution >= 4 is 11.8 Å². The highest BCUT2D eigenvalue weighted by Gasteiger charge is 2.48. The van der Waals surface area contributed by atoms with Crippen LogP contribution in [-0.2, 0) is 22.7 Å². The molecule has 24 heavy (non-hydrogen) atoms. The highest BCUT2D eigenvalue weighted by atomic mass is 16.2. The van der Waals surface area contributed by atoms with E-state index in [1.807, 2.05) is 42.5 Å². The van der Waals surface area contributed by atoms with Crippen molar-refractivity contribution in [3.05, 3.63) is 66.0 Å². The van der Waals surface area contributed by atoms with E-state index in [0.717, 1.165) is 11.1 Å². The largest absolute Gasteiger partial charge is 0.352 e. The van der Waals surface area contributed by atoms with E-state index in [1.165, 1.54) is 0 Å². The van der Waals surface area contributed by atoms with Crippen molar-refractivity contribution in [3.8, 4) is 0 Å². The van der Waals surface area contributed by atoms with E-state index in [9.17, 15) is 9.59 Å². The third-order valence-electron chi connectivity index (χ3n) is 4.30. The van der Waals surface area contributed by atoms with Gasteiger partial charge in [-0.15, -0.1) is 0 Å². The quantitative estimate of drug-likeness (QED) is 0.884. The topological polar surface area (TPSA) is 62.3 Å². The number of hydrogen-bond acceptors (Lipinski definition) is 3. The van der Waals surface area contributed by atoms with Crippen molar-refractivity contribution in [2.24, 2.45) is 11.8 Å². The van der Waals surface area contributed by atoms with Gasteiger partial charge in [-0.1, -0.05) is 30.3 Å². The van der Waals surface area contributed by atoms with Gasteiger partial charge in [-0.05, 0) is 29.7 Å². The van der Waals surface area contributed by atoms with E-state index >= 15 is 0 Å². The van der Waals surface area contributed by atoms with E-state index in [2.05, 4.69) is 10.3 Å². The van der Waals surface area contributed by atoms with Gasteiger partial charge in [-0.2, -0.15) is 0 Å². The van der Waals surface area contributed by atoms with Crippen molar-refractivity contribution in [2.45, 2.75) is 19.5 Å². The summed E-state index contributed by atoms with van der Waals surface area (Å²) in [6.45, 7) is 1.04. The summed E-state index contributed by atoms with van der Waals surface area (Å²) in [4.78, 5) is 30.3. The first-order valence-corrected chi connectivity index (χ1v) is 8.10. The van der Waals surface area contributed by atoms with Gasteiger partial charge in [0.1, 0.15) is 0 Å². The number of rotatable bonds is 6. The number of aromatic nitrogens is 1. The van der Waals surface area contributed by atoms with Crippen molar-refractivity contribution < 1.29 is 9.59 Å². The number of carbonyl (C=O) groups excluding carboxylic acids is 2. The van der Waals surface area contributed by atoms with Crippen molar-refractivity contribution in [1.82, 2.24) is 15.2 Å². The molecular weight excluding hydrogens is 302 g/mol. The fourth-order valence-corrected chi connectivity index (χ4v) is 2.80. The van der Waals surface area contributed by atoms with Gasteiger partial charge in [0.15, 0.2) is 0 Å². The minimum Gasteiger partial charge on any atom is -0.352 e. The summed E-state index contributed by atoms with van der Waals surface area (Å²) in [6.07, 6.45) is 4.03. The SMILES string of the molecule is CN(Cc1ccccc1)C(=O)C1CC1C(=O)NCc1ccncc1. The molecule has 1 fully saturated rings. The van der Waals surface area contributed by atoms with E-state index in [4.69, 9.17) is 0 Å². The molecule has 0 bridgehead atoms. The van der Waals surface area contributed by atoms with Crippen LogP contribution >= 0.6 is 0 Å². The highest BCUT2D eigenvalue weighted by molar-refractivity contribution is 5.92. The van der Waals surface area contributed by atoms with Gasteiger partial charge in [-0.3, -0.25) is 14.6 Å². The third kappa shape index (κ3) is 3.98. The van der Waals surface area contributed by atoms with Crippen molar-refractivity contribution in [3.63, 3.8) is 0 Å². The zero-order valence-corrected chi connectivity index (χ0v) is 13.7. The lowest BCUT2D eigenvalue weighted by Crippen LogP contribution is -2.31. The molecule has 1 saturated carbocycles. The molecule has 2 unspecified atom stereocenters. The lowest BCUT2D eigenvalue weighted by molar-refractivity contribution is -0.134. The lowest BCUT2D eigenvalue weighted by atomic mass is 10.2. The monoisotopic (exact) mass is 323 g/mol. The predicted octanol–water partition coefficient (Wildman–Crippen LogP) is 1.99. The molecule has 124 valence electrons. The van der Waals surface area contributed by atoms with Crippen LogP contribution in [-0.4, -0.2) is 28.7 Å². The fourth-order valence-electron chi connectivity index (χ4n) is 2.80. The molecule has 0 radical (unpaired) electrons. The molecule has 5 heteroatoms. The van der Waals surface area contributed by atoms with Crippen molar-refractivity contribution in [2.75, 3.05) is 7.05 Å². The minimum atomic E-state index is -0.197. The van der Waals surface area contributed by atoms with Crippen LogP contribution in [0, 0.1) is 11.8 Å².